The first kappa shape index (κ1) is 17.5. The molecule has 1 aliphatic heterocycles. The summed E-state index contributed by atoms with van der Waals surface area (Å²) in [5.41, 5.74) is 4.13. The van der Waals surface area contributed by atoms with Crippen molar-refractivity contribution in [3.05, 3.63) is 54.4 Å². The minimum absolute atomic E-state index is 0.145. The standard InChI is InChI=1S/C21H25N5O/c1-2-25-11-4-12-26(14-13-25)17-9-7-16(8-10-17)24-21(27)18-5-3-6-19-20(18)23-15-22-19/h3,5-10,15H,2,4,11-14H2,1H3,(H,22,23)(H,24,27). The van der Waals surface area contributed by atoms with E-state index in [4.69, 9.17) is 0 Å². The van der Waals surface area contributed by atoms with Gasteiger partial charge in [0.2, 0.25) is 0 Å². The van der Waals surface area contributed by atoms with Gasteiger partial charge in [-0.15, -0.1) is 0 Å². The van der Waals surface area contributed by atoms with Crippen LogP contribution >= 0.6 is 0 Å². The SMILES string of the molecule is CCN1CCCN(c2ccc(NC(=O)c3cccc4[nH]cnc34)cc2)CC1. The van der Waals surface area contributed by atoms with Crippen molar-refractivity contribution in [3.63, 3.8) is 0 Å². The van der Waals surface area contributed by atoms with E-state index in [1.807, 2.05) is 24.3 Å². The maximum Gasteiger partial charge on any atom is 0.257 e. The van der Waals surface area contributed by atoms with E-state index in [1.165, 1.54) is 18.7 Å². The number of aromatic nitrogens is 2. The summed E-state index contributed by atoms with van der Waals surface area (Å²) in [6.07, 6.45) is 2.79. The highest BCUT2D eigenvalue weighted by Gasteiger charge is 2.15. The van der Waals surface area contributed by atoms with Crippen molar-refractivity contribution < 1.29 is 4.79 Å². The summed E-state index contributed by atoms with van der Waals surface area (Å²) in [5, 5.41) is 2.98. The quantitative estimate of drug-likeness (QED) is 0.746. The Morgan fingerprint density at radius 2 is 1.96 bits per heavy atom. The number of likely N-dealkylation sites (N-methyl/N-ethyl adjacent to an activating group) is 1. The normalized spacial score (nSPS) is 15.7. The highest BCUT2D eigenvalue weighted by molar-refractivity contribution is 6.11. The van der Waals surface area contributed by atoms with Crippen molar-refractivity contribution in [2.45, 2.75) is 13.3 Å². The number of H-pyrrole nitrogens is 1. The molecule has 0 radical (unpaired) electrons. The fourth-order valence-electron chi connectivity index (χ4n) is 3.65. The second kappa shape index (κ2) is 7.80. The van der Waals surface area contributed by atoms with Crippen molar-refractivity contribution in [2.24, 2.45) is 0 Å². The van der Waals surface area contributed by atoms with Gasteiger partial charge < -0.3 is 20.1 Å². The predicted octanol–water partition coefficient (Wildman–Crippen LogP) is 3.35. The number of anilines is 2. The second-order valence-electron chi connectivity index (χ2n) is 6.88. The van der Waals surface area contributed by atoms with E-state index in [0.717, 1.165) is 37.4 Å². The number of nitrogens with zero attached hydrogens (tertiary/aromatic N) is 3. The molecule has 0 unspecified atom stereocenters. The molecule has 0 aliphatic carbocycles. The second-order valence-corrected chi connectivity index (χ2v) is 6.88. The van der Waals surface area contributed by atoms with Gasteiger partial charge in [-0.25, -0.2) is 4.98 Å². The molecule has 0 spiro atoms. The number of nitrogens with one attached hydrogen (secondary N) is 2. The molecule has 1 amide bonds. The van der Waals surface area contributed by atoms with Crippen LogP contribution in [-0.4, -0.2) is 53.5 Å². The van der Waals surface area contributed by atoms with Crippen LogP contribution in [0.25, 0.3) is 11.0 Å². The average molecular weight is 363 g/mol. The van der Waals surface area contributed by atoms with E-state index in [9.17, 15) is 4.79 Å². The summed E-state index contributed by atoms with van der Waals surface area (Å²) < 4.78 is 0. The number of hydrogen-bond donors (Lipinski definition) is 2. The molecule has 2 heterocycles. The molecule has 140 valence electrons. The molecule has 1 fully saturated rings. The zero-order chi connectivity index (χ0) is 18.6. The zero-order valence-electron chi connectivity index (χ0n) is 15.6. The summed E-state index contributed by atoms with van der Waals surface area (Å²) in [7, 11) is 0. The highest BCUT2D eigenvalue weighted by atomic mass is 16.1. The lowest BCUT2D eigenvalue weighted by molar-refractivity contribution is 0.102. The molecule has 0 atom stereocenters. The lowest BCUT2D eigenvalue weighted by atomic mass is 10.1. The largest absolute Gasteiger partial charge is 0.370 e. The van der Waals surface area contributed by atoms with E-state index < -0.39 is 0 Å². The van der Waals surface area contributed by atoms with E-state index in [-0.39, 0.29) is 5.91 Å². The topological polar surface area (TPSA) is 64.3 Å². The number of carbonyl (C=O) groups is 1. The third-order valence-corrected chi connectivity index (χ3v) is 5.22. The van der Waals surface area contributed by atoms with Crippen LogP contribution in [0.4, 0.5) is 11.4 Å². The van der Waals surface area contributed by atoms with Crippen molar-refractivity contribution in [3.8, 4) is 0 Å². The van der Waals surface area contributed by atoms with E-state index in [1.54, 1.807) is 12.4 Å². The number of rotatable bonds is 4. The number of benzene rings is 2. The minimum atomic E-state index is -0.145. The Labute approximate surface area is 159 Å². The van der Waals surface area contributed by atoms with Crippen molar-refractivity contribution in [1.29, 1.82) is 0 Å². The molecule has 1 aliphatic rings. The Kier molecular flexibility index (Phi) is 5.07. The van der Waals surface area contributed by atoms with Crippen LogP contribution < -0.4 is 10.2 Å². The van der Waals surface area contributed by atoms with Crippen molar-refractivity contribution in [1.82, 2.24) is 14.9 Å². The maximum absolute atomic E-state index is 12.6. The lowest BCUT2D eigenvalue weighted by Gasteiger charge is -2.23. The van der Waals surface area contributed by atoms with Gasteiger partial charge in [0, 0.05) is 31.0 Å². The Balaban J connectivity index is 1.45. The molecule has 1 saturated heterocycles. The molecule has 6 nitrogen and oxygen atoms in total. The number of hydrogen-bond acceptors (Lipinski definition) is 4. The molecule has 3 aromatic rings. The van der Waals surface area contributed by atoms with Crippen LogP contribution in [0, 0.1) is 0 Å². The van der Waals surface area contributed by atoms with Crippen molar-refractivity contribution >= 4 is 28.3 Å². The monoisotopic (exact) mass is 363 g/mol. The molecule has 2 N–H and O–H groups in total. The van der Waals surface area contributed by atoms with Crippen molar-refractivity contribution in [2.75, 3.05) is 42.9 Å². The summed E-state index contributed by atoms with van der Waals surface area (Å²) in [6, 6.07) is 13.7. The Bertz CT molecular complexity index is 918. The molecule has 4 rings (SSSR count). The van der Waals surface area contributed by atoms with Gasteiger partial charge in [-0.2, -0.15) is 0 Å². The fraction of sp³-hybridized carbons (Fsp3) is 0.333. The summed E-state index contributed by atoms with van der Waals surface area (Å²) in [5.74, 6) is -0.145. The first-order valence-electron chi connectivity index (χ1n) is 9.55. The minimum Gasteiger partial charge on any atom is -0.370 e. The molecule has 2 aromatic carbocycles. The molecule has 0 bridgehead atoms. The predicted molar refractivity (Wildman–Crippen MR) is 109 cm³/mol. The van der Waals surface area contributed by atoms with Gasteiger partial charge in [0.25, 0.3) is 5.91 Å². The molecular formula is C21H25N5O. The van der Waals surface area contributed by atoms with Gasteiger partial charge in [0.1, 0.15) is 5.52 Å². The number of carbonyl (C=O) groups excluding carboxylic acids is 1. The van der Waals surface area contributed by atoms with Crippen LogP contribution in [0.2, 0.25) is 0 Å². The van der Waals surface area contributed by atoms with Gasteiger partial charge in [-0.05, 0) is 55.9 Å². The zero-order valence-corrected chi connectivity index (χ0v) is 15.6. The number of aromatic amines is 1. The number of amides is 1. The van der Waals surface area contributed by atoms with Gasteiger partial charge in [-0.1, -0.05) is 13.0 Å². The van der Waals surface area contributed by atoms with Crippen LogP contribution in [0.15, 0.2) is 48.8 Å². The van der Waals surface area contributed by atoms with E-state index >= 15 is 0 Å². The Morgan fingerprint density at radius 1 is 1.11 bits per heavy atom. The third-order valence-electron chi connectivity index (χ3n) is 5.22. The summed E-state index contributed by atoms with van der Waals surface area (Å²) in [4.78, 5) is 24.8. The Morgan fingerprint density at radius 3 is 2.78 bits per heavy atom. The van der Waals surface area contributed by atoms with Gasteiger partial charge in [0.05, 0.1) is 17.4 Å². The third kappa shape index (κ3) is 3.80. The number of imidazole rings is 1. The summed E-state index contributed by atoms with van der Waals surface area (Å²) in [6.45, 7) is 7.71. The molecule has 0 saturated carbocycles. The van der Waals surface area contributed by atoms with Gasteiger partial charge in [0.15, 0.2) is 0 Å². The fourth-order valence-corrected chi connectivity index (χ4v) is 3.65. The Hall–Kier alpha value is -2.86. The molecule has 1 aromatic heterocycles. The van der Waals surface area contributed by atoms with Crippen LogP contribution in [-0.2, 0) is 0 Å². The summed E-state index contributed by atoms with van der Waals surface area (Å²) >= 11 is 0. The van der Waals surface area contributed by atoms with E-state index in [2.05, 4.69) is 44.1 Å². The maximum atomic E-state index is 12.6. The molecule has 27 heavy (non-hydrogen) atoms. The van der Waals surface area contributed by atoms with Gasteiger partial charge >= 0.3 is 0 Å². The highest BCUT2D eigenvalue weighted by Crippen LogP contribution is 2.21. The van der Waals surface area contributed by atoms with Gasteiger partial charge in [-0.3, -0.25) is 4.79 Å². The average Bonchev–Trinajstić information content (AvgIpc) is 3.05. The number of fused-ring (bicyclic) bond motifs is 1. The van der Waals surface area contributed by atoms with E-state index in [0.29, 0.717) is 11.1 Å². The lowest BCUT2D eigenvalue weighted by Crippen LogP contribution is -2.30. The van der Waals surface area contributed by atoms with Crippen LogP contribution in [0.1, 0.15) is 23.7 Å². The van der Waals surface area contributed by atoms with Crippen LogP contribution in [0.3, 0.4) is 0 Å². The first-order valence-corrected chi connectivity index (χ1v) is 9.55. The van der Waals surface area contributed by atoms with Crippen LogP contribution in [0.5, 0.6) is 0 Å². The molecule has 6 heteroatoms. The first-order chi connectivity index (χ1) is 13.2. The number of para-hydroxylation sites is 1. The smallest absolute Gasteiger partial charge is 0.257 e. The molecular weight excluding hydrogens is 338 g/mol.